The number of fused-ring (bicyclic) bond motifs is 1. The van der Waals surface area contributed by atoms with Gasteiger partial charge in [0.2, 0.25) is 0 Å². The molecule has 0 bridgehead atoms. The number of ether oxygens (including phenoxy) is 3. The molecule has 2 fully saturated rings. The lowest BCUT2D eigenvalue weighted by Crippen LogP contribution is -2.50. The molecule has 0 atom stereocenters. The molecule has 3 aliphatic heterocycles. The van der Waals surface area contributed by atoms with Crippen LogP contribution in [-0.2, 0) is 16.0 Å². The van der Waals surface area contributed by atoms with Gasteiger partial charge in [-0.15, -0.1) is 22.7 Å². The zero-order valence-corrected chi connectivity index (χ0v) is 41.4. The fourth-order valence-electron chi connectivity index (χ4n) is 7.23. The van der Waals surface area contributed by atoms with Crippen molar-refractivity contribution >= 4 is 97.1 Å². The largest absolute Gasteiger partial charge is 0.497 e. The van der Waals surface area contributed by atoms with Crippen LogP contribution in [0, 0.1) is 0 Å². The van der Waals surface area contributed by atoms with Gasteiger partial charge in [-0.2, -0.15) is 0 Å². The van der Waals surface area contributed by atoms with Gasteiger partial charge in [0.25, 0.3) is 17.7 Å². The summed E-state index contributed by atoms with van der Waals surface area (Å²) in [5.74, 6) is 0.188. The topological polar surface area (TPSA) is 205 Å². The molecule has 67 heavy (non-hydrogen) atoms. The fourth-order valence-corrected chi connectivity index (χ4v) is 9.07. The monoisotopic (exact) mass is 1020 g/mol. The van der Waals surface area contributed by atoms with E-state index in [1.807, 2.05) is 65.8 Å². The van der Waals surface area contributed by atoms with E-state index in [-0.39, 0.29) is 29.0 Å². The van der Waals surface area contributed by atoms with Crippen LogP contribution in [0.15, 0.2) is 70.5 Å². The number of nitrogens with zero attached hydrogens (tertiary/aromatic N) is 9. The Morgan fingerprint density at radius 2 is 1.18 bits per heavy atom. The van der Waals surface area contributed by atoms with Crippen LogP contribution >= 0.6 is 38.6 Å². The van der Waals surface area contributed by atoms with Crippen molar-refractivity contribution in [2.75, 3.05) is 84.8 Å². The van der Waals surface area contributed by atoms with E-state index in [4.69, 9.17) is 14.2 Å². The molecule has 5 amide bonds. The SMILES string of the molecule is CC(C)(C)OC(=O)N1CCN(c2ccncc2NC(=O)c2nc(Br)cs2)CC1.COc1ccc2c(c1)C(=O)N(c1csc(C(=O)Nc3cnccc3N3CCN(C(=O)OC(C)(C)C)CC3)n1)C2. The number of aromatic nitrogens is 4. The molecule has 2 saturated heterocycles. The zero-order valence-electron chi connectivity index (χ0n) is 38.2. The lowest BCUT2D eigenvalue weighted by molar-refractivity contribution is 0.0230. The second-order valence-electron chi connectivity index (χ2n) is 17.5. The minimum atomic E-state index is -0.550. The summed E-state index contributed by atoms with van der Waals surface area (Å²) in [5, 5.41) is 9.86. The Bertz CT molecular complexity index is 2610. The van der Waals surface area contributed by atoms with E-state index in [1.54, 1.807) is 63.4 Å². The molecular formula is C45H52BrN11O8S2. The van der Waals surface area contributed by atoms with Crippen molar-refractivity contribution in [3.8, 4) is 5.75 Å². The van der Waals surface area contributed by atoms with Crippen molar-refractivity contribution in [1.29, 1.82) is 0 Å². The first-order chi connectivity index (χ1) is 31.9. The maximum absolute atomic E-state index is 13.1. The summed E-state index contributed by atoms with van der Waals surface area (Å²) >= 11 is 5.69. The van der Waals surface area contributed by atoms with Crippen molar-refractivity contribution in [3.05, 3.63) is 91.6 Å². The highest BCUT2D eigenvalue weighted by Crippen LogP contribution is 2.33. The Kier molecular flexibility index (Phi) is 15.0. The molecule has 0 unspecified atom stereocenters. The van der Waals surface area contributed by atoms with Crippen LogP contribution in [0.4, 0.5) is 38.2 Å². The lowest BCUT2D eigenvalue weighted by Gasteiger charge is -2.37. The van der Waals surface area contributed by atoms with Crippen LogP contribution in [0.5, 0.6) is 5.75 Å². The van der Waals surface area contributed by atoms with Crippen molar-refractivity contribution in [2.45, 2.75) is 59.3 Å². The predicted octanol–water partition coefficient (Wildman–Crippen LogP) is 7.63. The van der Waals surface area contributed by atoms with Crippen LogP contribution in [0.2, 0.25) is 0 Å². The highest BCUT2D eigenvalue weighted by atomic mass is 79.9. The molecule has 4 aromatic heterocycles. The van der Waals surface area contributed by atoms with E-state index in [0.717, 1.165) is 16.9 Å². The van der Waals surface area contributed by atoms with Crippen LogP contribution in [0.1, 0.15) is 77.1 Å². The number of nitrogens with one attached hydrogen (secondary N) is 2. The summed E-state index contributed by atoms with van der Waals surface area (Å²) in [6.45, 7) is 16.0. The summed E-state index contributed by atoms with van der Waals surface area (Å²) in [5.41, 5.74) is 3.21. The second-order valence-corrected chi connectivity index (χ2v) is 20.0. The third kappa shape index (κ3) is 12.3. The molecule has 3 aliphatic rings. The molecule has 0 saturated carbocycles. The number of thiazole rings is 2. The minimum absolute atomic E-state index is 0.179. The number of carbonyl (C=O) groups is 5. The maximum atomic E-state index is 13.1. The third-order valence-electron chi connectivity index (χ3n) is 10.4. The Balaban J connectivity index is 0.000000210. The number of hydrogen-bond donors (Lipinski definition) is 2. The number of methoxy groups -OCH3 is 1. The molecule has 5 aromatic rings. The number of carbonyl (C=O) groups excluding carboxylic acids is 5. The molecule has 1 aromatic carbocycles. The van der Waals surface area contributed by atoms with Gasteiger partial charge in [-0.25, -0.2) is 19.6 Å². The number of anilines is 5. The smallest absolute Gasteiger partial charge is 0.410 e. The Morgan fingerprint density at radius 1 is 0.687 bits per heavy atom. The first-order valence-corrected chi connectivity index (χ1v) is 23.9. The van der Waals surface area contributed by atoms with Gasteiger partial charge >= 0.3 is 12.2 Å². The molecule has 2 N–H and O–H groups in total. The molecule has 19 nitrogen and oxygen atoms in total. The molecule has 0 radical (unpaired) electrons. The molecule has 0 spiro atoms. The van der Waals surface area contributed by atoms with E-state index in [9.17, 15) is 24.0 Å². The summed E-state index contributed by atoms with van der Waals surface area (Å²) in [6, 6.07) is 9.09. The average molecular weight is 1020 g/mol. The van der Waals surface area contributed by atoms with Gasteiger partial charge in [-0.1, -0.05) is 6.07 Å². The summed E-state index contributed by atoms with van der Waals surface area (Å²) in [4.78, 5) is 89.3. The van der Waals surface area contributed by atoms with Gasteiger partial charge in [-0.3, -0.25) is 29.3 Å². The van der Waals surface area contributed by atoms with Crippen molar-refractivity contribution in [1.82, 2.24) is 29.7 Å². The average Bonchev–Trinajstić information content (AvgIpc) is 4.05. The summed E-state index contributed by atoms with van der Waals surface area (Å²) in [7, 11) is 1.56. The third-order valence-corrected chi connectivity index (χ3v) is 12.8. The first-order valence-electron chi connectivity index (χ1n) is 21.4. The lowest BCUT2D eigenvalue weighted by atomic mass is 10.1. The zero-order chi connectivity index (χ0) is 48.0. The van der Waals surface area contributed by atoms with Gasteiger partial charge in [-0.05, 0) is 87.3 Å². The molecule has 0 aliphatic carbocycles. The standard InChI is InChI=1S/C27H30N6O5S.C18H22BrN5O3S/c1-27(2,3)38-26(36)32-11-9-31(10-12-32)21-7-8-28-14-20(21)29-23(34)24-30-22(16-39-24)33-15-17-5-6-18(37-4)13-19(17)25(33)35;1-18(2,3)27-17(26)24-8-6-23(7-9-24)13-4-5-20-10-12(13)21-15(25)16-22-14(19)11-28-16/h5-8,13-14,16H,9-12,15H2,1-4H3,(H,29,34);4-5,10-11H,6-9H2,1-3H3,(H,21,25). The van der Waals surface area contributed by atoms with Crippen LogP contribution in [0.3, 0.4) is 0 Å². The number of rotatable bonds is 8. The van der Waals surface area contributed by atoms with E-state index < -0.39 is 17.1 Å². The van der Waals surface area contributed by atoms with Crippen LogP contribution < -0.4 is 30.1 Å². The van der Waals surface area contributed by atoms with Crippen molar-refractivity contribution in [2.24, 2.45) is 0 Å². The molecular weight excluding hydrogens is 967 g/mol. The number of halogens is 1. The van der Waals surface area contributed by atoms with Gasteiger partial charge in [0, 0.05) is 81.1 Å². The van der Waals surface area contributed by atoms with Crippen molar-refractivity contribution in [3.63, 3.8) is 0 Å². The highest BCUT2D eigenvalue weighted by Gasteiger charge is 2.32. The van der Waals surface area contributed by atoms with Gasteiger partial charge in [0.15, 0.2) is 10.0 Å². The van der Waals surface area contributed by atoms with Crippen LogP contribution in [0.25, 0.3) is 0 Å². The van der Waals surface area contributed by atoms with Gasteiger partial charge < -0.3 is 44.4 Å². The molecule has 8 rings (SSSR count). The molecule has 354 valence electrons. The first kappa shape index (κ1) is 48.5. The Labute approximate surface area is 404 Å². The fraction of sp³-hybridized carbons (Fsp3) is 0.400. The van der Waals surface area contributed by atoms with Gasteiger partial charge in [0.05, 0.1) is 48.8 Å². The highest BCUT2D eigenvalue weighted by molar-refractivity contribution is 9.10. The number of piperazine rings is 2. The summed E-state index contributed by atoms with van der Waals surface area (Å²) in [6.07, 6.45) is 5.93. The van der Waals surface area contributed by atoms with Crippen LogP contribution in [-0.4, -0.2) is 130 Å². The molecule has 22 heteroatoms. The van der Waals surface area contributed by atoms with E-state index in [1.165, 1.54) is 22.7 Å². The second kappa shape index (κ2) is 20.6. The van der Waals surface area contributed by atoms with E-state index in [0.29, 0.717) is 97.0 Å². The normalized spacial score (nSPS) is 15.0. The van der Waals surface area contributed by atoms with Gasteiger partial charge in [0.1, 0.15) is 27.4 Å². The quantitative estimate of drug-likeness (QED) is 0.154. The molecule has 7 heterocycles. The Morgan fingerprint density at radius 3 is 1.64 bits per heavy atom. The van der Waals surface area contributed by atoms with E-state index in [2.05, 4.69) is 56.3 Å². The number of amides is 5. The minimum Gasteiger partial charge on any atom is -0.497 e. The number of benzene rings is 1. The maximum Gasteiger partial charge on any atom is 0.410 e. The Hall–Kier alpha value is -6.39. The summed E-state index contributed by atoms with van der Waals surface area (Å²) < 4.78 is 16.8. The predicted molar refractivity (Wildman–Crippen MR) is 260 cm³/mol. The number of pyridine rings is 2. The number of hydrogen-bond acceptors (Lipinski definition) is 16. The van der Waals surface area contributed by atoms with Crippen molar-refractivity contribution < 1.29 is 38.2 Å². The van der Waals surface area contributed by atoms with E-state index >= 15 is 0 Å².